The minimum absolute atomic E-state index is 0.314. The van der Waals surface area contributed by atoms with E-state index >= 15 is 0 Å². The molecule has 0 aliphatic heterocycles. The predicted molar refractivity (Wildman–Crippen MR) is 67.7 cm³/mol. The average Bonchev–Trinajstić information content (AvgIpc) is 3.02. The Morgan fingerprint density at radius 2 is 2.18 bits per heavy atom. The van der Waals surface area contributed by atoms with Crippen molar-refractivity contribution in [3.05, 3.63) is 28.7 Å². The molecule has 1 saturated carbocycles. The molecule has 1 aromatic heterocycles. The number of hydrogen-bond donors (Lipinski definition) is 1. The predicted octanol–water partition coefficient (Wildman–Crippen LogP) is 3.23. The summed E-state index contributed by atoms with van der Waals surface area (Å²) in [6.07, 6.45) is 2.68. The van der Waals surface area contributed by atoms with Crippen molar-refractivity contribution in [3.8, 4) is 17.0 Å². The lowest BCUT2D eigenvalue weighted by Gasteiger charge is -2.07. The third-order valence-electron chi connectivity index (χ3n) is 2.57. The number of aromatic nitrogens is 1. The fourth-order valence-electron chi connectivity index (χ4n) is 1.55. The zero-order valence-corrected chi connectivity index (χ0v) is 10.6. The van der Waals surface area contributed by atoms with Crippen LogP contribution in [0.3, 0.4) is 0 Å². The van der Waals surface area contributed by atoms with Gasteiger partial charge in [0.1, 0.15) is 11.4 Å². The van der Waals surface area contributed by atoms with Gasteiger partial charge in [0.25, 0.3) is 0 Å². The molecular weight excluding hydrogens is 284 g/mol. The molecule has 0 radical (unpaired) electrons. The number of nitrogens with two attached hydrogens (primary N) is 1. The van der Waals surface area contributed by atoms with Crippen molar-refractivity contribution in [1.29, 1.82) is 0 Å². The van der Waals surface area contributed by atoms with E-state index in [-0.39, 0.29) is 0 Å². The van der Waals surface area contributed by atoms with Crippen LogP contribution in [0.2, 0.25) is 0 Å². The maximum atomic E-state index is 5.74. The van der Waals surface area contributed by atoms with Crippen LogP contribution in [0.25, 0.3) is 11.3 Å². The summed E-state index contributed by atoms with van der Waals surface area (Å²) in [6, 6.07) is 7.53. The number of rotatable bonds is 3. The Morgan fingerprint density at radius 3 is 2.76 bits per heavy atom. The van der Waals surface area contributed by atoms with E-state index in [1.54, 1.807) is 6.07 Å². The van der Waals surface area contributed by atoms with Gasteiger partial charge in [-0.1, -0.05) is 5.16 Å². The summed E-state index contributed by atoms with van der Waals surface area (Å²) in [7, 11) is 0. The van der Waals surface area contributed by atoms with E-state index in [4.69, 9.17) is 15.0 Å². The third kappa shape index (κ3) is 2.29. The molecule has 1 aliphatic carbocycles. The highest BCUT2D eigenvalue weighted by molar-refractivity contribution is 9.10. The van der Waals surface area contributed by atoms with Crippen molar-refractivity contribution in [2.45, 2.75) is 18.9 Å². The second kappa shape index (κ2) is 4.07. The summed E-state index contributed by atoms with van der Waals surface area (Å²) in [5.74, 6) is 1.18. The van der Waals surface area contributed by atoms with Crippen molar-refractivity contribution >= 4 is 21.8 Å². The van der Waals surface area contributed by atoms with Crippen LogP contribution in [0.5, 0.6) is 5.75 Å². The number of anilines is 1. The van der Waals surface area contributed by atoms with Gasteiger partial charge in [-0.3, -0.25) is 0 Å². The Balaban J connectivity index is 1.89. The summed E-state index contributed by atoms with van der Waals surface area (Å²) >= 11 is 3.49. The molecule has 0 spiro atoms. The first-order valence-corrected chi connectivity index (χ1v) is 6.20. The number of hydrogen-bond acceptors (Lipinski definition) is 4. The lowest BCUT2D eigenvalue weighted by molar-refractivity contribution is 0.301. The largest absolute Gasteiger partial charge is 0.489 e. The van der Waals surface area contributed by atoms with Gasteiger partial charge in [0.05, 0.1) is 10.6 Å². The summed E-state index contributed by atoms with van der Waals surface area (Å²) in [6.45, 7) is 0. The molecule has 0 bridgehead atoms. The Kier molecular flexibility index (Phi) is 2.55. The molecule has 2 N–H and O–H groups in total. The van der Waals surface area contributed by atoms with E-state index in [9.17, 15) is 0 Å². The van der Waals surface area contributed by atoms with Gasteiger partial charge in [-0.15, -0.1) is 0 Å². The number of nitrogen functional groups attached to an aromatic ring is 1. The number of halogens is 1. The van der Waals surface area contributed by atoms with Crippen LogP contribution >= 0.6 is 15.9 Å². The smallest absolute Gasteiger partial charge is 0.222 e. The molecule has 1 fully saturated rings. The number of benzene rings is 1. The van der Waals surface area contributed by atoms with E-state index < -0.39 is 0 Å². The standard InChI is InChI=1S/C12H11BrN2O2/c13-9-5-7(10-6-12(14)17-15-10)1-4-11(9)16-8-2-3-8/h1,4-6,8H,2-3,14H2. The highest BCUT2D eigenvalue weighted by atomic mass is 79.9. The molecule has 1 aromatic carbocycles. The lowest BCUT2D eigenvalue weighted by atomic mass is 10.1. The van der Waals surface area contributed by atoms with Crippen LogP contribution in [0.15, 0.2) is 33.3 Å². The molecule has 3 rings (SSSR count). The molecule has 2 aromatic rings. The van der Waals surface area contributed by atoms with E-state index in [0.717, 1.165) is 34.3 Å². The van der Waals surface area contributed by atoms with Crippen molar-refractivity contribution in [2.24, 2.45) is 0 Å². The van der Waals surface area contributed by atoms with Crippen LogP contribution in [0.4, 0.5) is 5.88 Å². The van der Waals surface area contributed by atoms with Crippen molar-refractivity contribution in [1.82, 2.24) is 5.16 Å². The molecule has 17 heavy (non-hydrogen) atoms. The monoisotopic (exact) mass is 294 g/mol. The Bertz CT molecular complexity index is 549. The first-order valence-electron chi connectivity index (χ1n) is 5.41. The van der Waals surface area contributed by atoms with E-state index in [1.807, 2.05) is 18.2 Å². The molecule has 1 aliphatic rings. The van der Waals surface area contributed by atoms with Gasteiger partial charge in [0, 0.05) is 11.6 Å². The molecule has 0 atom stereocenters. The second-order valence-corrected chi connectivity index (χ2v) is 4.93. The highest BCUT2D eigenvalue weighted by Gasteiger charge is 2.24. The SMILES string of the molecule is Nc1cc(-c2ccc(OC3CC3)c(Br)c2)no1. The van der Waals surface area contributed by atoms with Crippen LogP contribution in [0.1, 0.15) is 12.8 Å². The van der Waals surface area contributed by atoms with Gasteiger partial charge in [-0.25, -0.2) is 0 Å². The van der Waals surface area contributed by atoms with Crippen molar-refractivity contribution < 1.29 is 9.26 Å². The van der Waals surface area contributed by atoms with E-state index in [1.165, 1.54) is 0 Å². The number of nitrogens with zero attached hydrogens (tertiary/aromatic N) is 1. The van der Waals surface area contributed by atoms with Crippen LogP contribution < -0.4 is 10.5 Å². The van der Waals surface area contributed by atoms with Gasteiger partial charge in [0.2, 0.25) is 5.88 Å². The van der Waals surface area contributed by atoms with Crippen molar-refractivity contribution in [2.75, 3.05) is 5.73 Å². The lowest BCUT2D eigenvalue weighted by Crippen LogP contribution is -1.96. The highest BCUT2D eigenvalue weighted by Crippen LogP contribution is 2.34. The first-order chi connectivity index (χ1) is 8.22. The summed E-state index contributed by atoms with van der Waals surface area (Å²) in [5, 5.41) is 3.87. The molecular formula is C12H11BrN2O2. The molecule has 0 amide bonds. The first kappa shape index (κ1) is 10.7. The van der Waals surface area contributed by atoms with Crippen LogP contribution in [-0.2, 0) is 0 Å². The molecule has 1 heterocycles. The second-order valence-electron chi connectivity index (χ2n) is 4.08. The van der Waals surface area contributed by atoms with E-state index in [2.05, 4.69) is 21.1 Å². The maximum absolute atomic E-state index is 5.74. The fourth-order valence-corrected chi connectivity index (χ4v) is 2.02. The molecule has 88 valence electrons. The number of ether oxygens (including phenoxy) is 1. The normalized spacial score (nSPS) is 14.9. The Hall–Kier alpha value is -1.49. The van der Waals surface area contributed by atoms with Gasteiger partial charge in [-0.05, 0) is 47.0 Å². The quantitative estimate of drug-likeness (QED) is 0.944. The van der Waals surface area contributed by atoms with Gasteiger partial charge < -0.3 is 15.0 Å². The average molecular weight is 295 g/mol. The third-order valence-corrected chi connectivity index (χ3v) is 3.19. The minimum atomic E-state index is 0.314. The molecule has 4 nitrogen and oxygen atoms in total. The van der Waals surface area contributed by atoms with Gasteiger partial charge >= 0.3 is 0 Å². The Morgan fingerprint density at radius 1 is 1.35 bits per heavy atom. The fraction of sp³-hybridized carbons (Fsp3) is 0.250. The minimum Gasteiger partial charge on any atom is -0.489 e. The van der Waals surface area contributed by atoms with Crippen LogP contribution in [0, 0.1) is 0 Å². The summed E-state index contributed by atoms with van der Waals surface area (Å²) < 4.78 is 11.5. The topological polar surface area (TPSA) is 61.3 Å². The molecule has 0 saturated heterocycles. The Labute approximate surface area is 107 Å². The summed E-state index contributed by atoms with van der Waals surface area (Å²) in [4.78, 5) is 0. The molecule has 5 heteroatoms. The maximum Gasteiger partial charge on any atom is 0.222 e. The summed E-state index contributed by atoms with van der Waals surface area (Å²) in [5.41, 5.74) is 7.16. The molecule has 0 unspecified atom stereocenters. The van der Waals surface area contributed by atoms with Crippen molar-refractivity contribution in [3.63, 3.8) is 0 Å². The van der Waals surface area contributed by atoms with E-state index in [0.29, 0.717) is 12.0 Å². The van der Waals surface area contributed by atoms with Gasteiger partial charge in [0.15, 0.2) is 0 Å². The van der Waals surface area contributed by atoms with Gasteiger partial charge in [-0.2, -0.15) is 0 Å². The zero-order valence-electron chi connectivity index (χ0n) is 9.02. The van der Waals surface area contributed by atoms with Crippen LogP contribution in [-0.4, -0.2) is 11.3 Å². The zero-order chi connectivity index (χ0) is 11.8.